The largest absolute Gasteiger partial charge is 0.370 e. The molecule has 1 unspecified atom stereocenters. The van der Waals surface area contributed by atoms with Crippen LogP contribution >= 0.6 is 23.2 Å². The van der Waals surface area contributed by atoms with Crippen LogP contribution in [0, 0.1) is 0 Å². The lowest BCUT2D eigenvalue weighted by molar-refractivity contribution is -0.0228. The topological polar surface area (TPSA) is 29.5 Å². The van der Waals surface area contributed by atoms with E-state index in [0.717, 1.165) is 16.3 Å². The molecule has 26 heavy (non-hydrogen) atoms. The van der Waals surface area contributed by atoms with Crippen molar-refractivity contribution in [2.45, 2.75) is 6.10 Å². The number of benzene rings is 3. The number of carbonyl (C=O) groups excluding carboxylic acids is 1. The minimum atomic E-state index is -0.232. The minimum Gasteiger partial charge on any atom is -0.370 e. The van der Waals surface area contributed by atoms with E-state index >= 15 is 0 Å². The molecule has 0 aromatic heterocycles. The first kappa shape index (κ1) is 17.3. The fraction of sp³-hybridized carbons (Fsp3) is 0.190. The van der Waals surface area contributed by atoms with Crippen molar-refractivity contribution in [1.29, 1.82) is 0 Å². The predicted octanol–water partition coefficient (Wildman–Crippen LogP) is 5.36. The average Bonchev–Trinajstić information content (AvgIpc) is 2.66. The van der Waals surface area contributed by atoms with Crippen molar-refractivity contribution >= 4 is 39.9 Å². The Kier molecular flexibility index (Phi) is 4.86. The predicted molar refractivity (Wildman–Crippen MR) is 105 cm³/mol. The van der Waals surface area contributed by atoms with E-state index in [-0.39, 0.29) is 12.0 Å². The van der Waals surface area contributed by atoms with Crippen molar-refractivity contribution in [3.05, 3.63) is 81.8 Å². The molecule has 5 heteroatoms. The molecule has 132 valence electrons. The number of halogens is 2. The van der Waals surface area contributed by atoms with Crippen LogP contribution in [0.4, 0.5) is 0 Å². The number of ether oxygens (including phenoxy) is 1. The van der Waals surface area contributed by atoms with Crippen LogP contribution in [0.25, 0.3) is 10.8 Å². The summed E-state index contributed by atoms with van der Waals surface area (Å²) in [5.74, 6) is 0.0113. The smallest absolute Gasteiger partial charge is 0.254 e. The van der Waals surface area contributed by atoms with Gasteiger partial charge < -0.3 is 9.64 Å². The fourth-order valence-electron chi connectivity index (χ4n) is 3.30. The lowest BCUT2D eigenvalue weighted by Crippen LogP contribution is -2.42. The van der Waals surface area contributed by atoms with Gasteiger partial charge >= 0.3 is 0 Å². The van der Waals surface area contributed by atoms with Crippen molar-refractivity contribution in [3.8, 4) is 0 Å². The van der Waals surface area contributed by atoms with E-state index in [1.54, 1.807) is 6.07 Å². The summed E-state index contributed by atoms with van der Waals surface area (Å²) in [5, 5.41) is 3.31. The summed E-state index contributed by atoms with van der Waals surface area (Å²) in [4.78, 5) is 14.8. The van der Waals surface area contributed by atoms with E-state index in [9.17, 15) is 4.79 Å². The first-order valence-electron chi connectivity index (χ1n) is 8.46. The van der Waals surface area contributed by atoms with Gasteiger partial charge in [-0.05, 0) is 46.7 Å². The molecule has 1 aliphatic heterocycles. The third-order valence-corrected chi connectivity index (χ3v) is 5.04. The minimum absolute atomic E-state index is 0.0113. The Balaban J connectivity index is 1.57. The van der Waals surface area contributed by atoms with E-state index in [1.165, 1.54) is 0 Å². The van der Waals surface area contributed by atoms with E-state index in [1.807, 2.05) is 59.5 Å². The van der Waals surface area contributed by atoms with Gasteiger partial charge in [-0.25, -0.2) is 0 Å². The van der Waals surface area contributed by atoms with Crippen molar-refractivity contribution in [2.24, 2.45) is 0 Å². The Labute approximate surface area is 162 Å². The number of rotatable bonds is 2. The van der Waals surface area contributed by atoms with Crippen LogP contribution in [-0.2, 0) is 4.74 Å². The van der Waals surface area contributed by atoms with Crippen molar-refractivity contribution < 1.29 is 9.53 Å². The second-order valence-electron chi connectivity index (χ2n) is 6.38. The molecule has 4 rings (SSSR count). The van der Waals surface area contributed by atoms with Crippen molar-refractivity contribution in [2.75, 3.05) is 19.7 Å². The normalized spacial score (nSPS) is 17.5. The Bertz CT molecular complexity index is 953. The Morgan fingerprint density at radius 3 is 2.46 bits per heavy atom. The van der Waals surface area contributed by atoms with Crippen LogP contribution in [0.15, 0.2) is 60.7 Å². The molecule has 0 N–H and O–H groups in total. The molecule has 3 nitrogen and oxygen atoms in total. The molecule has 3 aromatic rings. The molecule has 0 aliphatic carbocycles. The van der Waals surface area contributed by atoms with E-state index in [4.69, 9.17) is 27.9 Å². The molecule has 1 aliphatic rings. The highest BCUT2D eigenvalue weighted by atomic mass is 35.5. The summed E-state index contributed by atoms with van der Waals surface area (Å²) in [6.45, 7) is 1.52. The van der Waals surface area contributed by atoms with Crippen molar-refractivity contribution in [1.82, 2.24) is 4.90 Å². The number of morpholine rings is 1. The molecular weight excluding hydrogens is 369 g/mol. The molecule has 1 amide bonds. The van der Waals surface area contributed by atoms with Gasteiger partial charge in [0, 0.05) is 22.2 Å². The molecule has 0 spiro atoms. The van der Waals surface area contributed by atoms with Crippen LogP contribution in [-0.4, -0.2) is 30.5 Å². The number of hydrogen-bond acceptors (Lipinski definition) is 2. The van der Waals surface area contributed by atoms with Gasteiger partial charge in [-0.15, -0.1) is 0 Å². The van der Waals surface area contributed by atoms with Crippen LogP contribution in [0.2, 0.25) is 10.0 Å². The highest BCUT2D eigenvalue weighted by Crippen LogP contribution is 2.29. The number of amides is 1. The average molecular weight is 386 g/mol. The lowest BCUT2D eigenvalue weighted by atomic mass is 10.0. The van der Waals surface area contributed by atoms with Crippen LogP contribution in [0.5, 0.6) is 0 Å². The SMILES string of the molecule is O=C(c1ccc2ccccc2c1)N1CCOC(c2cc(Cl)cc(Cl)c2)C1. The third-order valence-electron chi connectivity index (χ3n) is 4.61. The van der Waals surface area contributed by atoms with Gasteiger partial charge in [0.15, 0.2) is 0 Å². The molecule has 1 heterocycles. The molecule has 3 aromatic carbocycles. The first-order valence-corrected chi connectivity index (χ1v) is 9.21. The summed E-state index contributed by atoms with van der Waals surface area (Å²) in [7, 11) is 0. The van der Waals surface area contributed by atoms with Gasteiger partial charge in [0.25, 0.3) is 5.91 Å². The van der Waals surface area contributed by atoms with Gasteiger partial charge in [0.1, 0.15) is 6.10 Å². The Morgan fingerprint density at radius 2 is 1.69 bits per heavy atom. The van der Waals surface area contributed by atoms with Gasteiger partial charge in [-0.2, -0.15) is 0 Å². The molecule has 0 radical (unpaired) electrons. The second kappa shape index (κ2) is 7.28. The molecule has 0 bridgehead atoms. The van der Waals surface area contributed by atoms with Gasteiger partial charge in [-0.3, -0.25) is 4.79 Å². The standard InChI is InChI=1S/C21H17Cl2NO2/c22-18-10-17(11-19(23)12-18)20-13-24(7-8-26-20)21(25)16-6-5-14-3-1-2-4-15(14)9-16/h1-6,9-12,20H,7-8,13H2. The molecule has 0 saturated carbocycles. The van der Waals surface area contributed by atoms with Crippen LogP contribution in [0.3, 0.4) is 0 Å². The summed E-state index contributed by atoms with van der Waals surface area (Å²) in [6.07, 6.45) is -0.232. The van der Waals surface area contributed by atoms with E-state index in [0.29, 0.717) is 35.3 Å². The first-order chi connectivity index (χ1) is 12.6. The second-order valence-corrected chi connectivity index (χ2v) is 7.25. The van der Waals surface area contributed by atoms with Gasteiger partial charge in [-0.1, -0.05) is 53.5 Å². The quantitative estimate of drug-likeness (QED) is 0.593. The van der Waals surface area contributed by atoms with Crippen LogP contribution < -0.4 is 0 Å². The monoisotopic (exact) mass is 385 g/mol. The highest BCUT2D eigenvalue weighted by molar-refractivity contribution is 6.34. The Morgan fingerprint density at radius 1 is 0.962 bits per heavy atom. The zero-order chi connectivity index (χ0) is 18.1. The highest BCUT2D eigenvalue weighted by Gasteiger charge is 2.26. The zero-order valence-electron chi connectivity index (χ0n) is 14.0. The maximum atomic E-state index is 13.0. The van der Waals surface area contributed by atoms with Gasteiger partial charge in [0.2, 0.25) is 0 Å². The van der Waals surface area contributed by atoms with E-state index < -0.39 is 0 Å². The maximum absolute atomic E-state index is 13.0. The fourth-order valence-corrected chi connectivity index (χ4v) is 3.84. The molecular formula is C21H17Cl2NO2. The zero-order valence-corrected chi connectivity index (χ0v) is 15.5. The summed E-state index contributed by atoms with van der Waals surface area (Å²) in [5.41, 5.74) is 1.58. The summed E-state index contributed by atoms with van der Waals surface area (Å²) in [6, 6.07) is 19.2. The Hall–Kier alpha value is -2.07. The third kappa shape index (κ3) is 3.56. The van der Waals surface area contributed by atoms with Crippen LogP contribution in [0.1, 0.15) is 22.0 Å². The summed E-state index contributed by atoms with van der Waals surface area (Å²) < 4.78 is 5.85. The maximum Gasteiger partial charge on any atom is 0.254 e. The molecule has 1 atom stereocenters. The molecule has 1 saturated heterocycles. The molecule has 1 fully saturated rings. The lowest BCUT2D eigenvalue weighted by Gasteiger charge is -2.33. The van der Waals surface area contributed by atoms with Gasteiger partial charge in [0.05, 0.1) is 13.2 Å². The number of nitrogens with zero attached hydrogens (tertiary/aromatic N) is 1. The number of carbonyl (C=O) groups is 1. The van der Waals surface area contributed by atoms with Crippen molar-refractivity contribution in [3.63, 3.8) is 0 Å². The number of hydrogen-bond donors (Lipinski definition) is 0. The summed E-state index contributed by atoms with van der Waals surface area (Å²) >= 11 is 12.2. The van der Waals surface area contributed by atoms with E-state index in [2.05, 4.69) is 0 Å². The number of fused-ring (bicyclic) bond motifs is 1.